The largest absolute Gasteiger partial charge is 0.481 e. The number of carbonyl (C=O) groups excluding carboxylic acids is 7. The molecule has 0 bridgehead atoms. The minimum atomic E-state index is -1.55. The van der Waals surface area contributed by atoms with Gasteiger partial charge in [-0.3, -0.25) is 52.8 Å². The lowest BCUT2D eigenvalue weighted by atomic mass is 10.0. The number of amides is 7. The van der Waals surface area contributed by atoms with Crippen LogP contribution in [0.15, 0.2) is 12.5 Å². The van der Waals surface area contributed by atoms with Crippen molar-refractivity contribution in [3.63, 3.8) is 0 Å². The molecule has 27 heteroatoms. The van der Waals surface area contributed by atoms with E-state index in [1.807, 2.05) is 0 Å². The topological polar surface area (TPSA) is 436 Å². The molecule has 27 nitrogen and oxygen atoms in total. The fourth-order valence-corrected chi connectivity index (χ4v) is 6.04. The molecule has 1 aromatic heterocycles. The van der Waals surface area contributed by atoms with Crippen LogP contribution < -0.4 is 38.1 Å². The third-order valence-electron chi connectivity index (χ3n) is 9.31. The Labute approximate surface area is 366 Å². The molecular formula is C37H59N11O16. The van der Waals surface area contributed by atoms with Crippen molar-refractivity contribution in [3.8, 4) is 0 Å². The Hall–Kier alpha value is -6.74. The molecule has 0 spiro atoms. The van der Waals surface area contributed by atoms with Crippen molar-refractivity contribution in [2.24, 2.45) is 23.3 Å². The molecule has 1 aliphatic rings. The quantitative estimate of drug-likeness (QED) is 0.0435. The molecule has 0 aliphatic carbocycles. The van der Waals surface area contributed by atoms with Crippen molar-refractivity contribution in [1.29, 1.82) is 0 Å². The molecule has 2 heterocycles. The first-order chi connectivity index (χ1) is 29.8. The SMILES string of the molecule is CC(C)[C@H](NC(=O)[C@@H]1CCCN1C(=O)[C@@H](NC(=O)[C@H](C)NC(=O)[C@H](CO)NC(=O)[C@@H](N)CC(=O)O)C(C)C)C(=O)N[C@@H](Cc1cnc[nH]1)C(=O)O.NC(=O)CN(CC(=O)O)CC(=O)O. The summed E-state index contributed by atoms with van der Waals surface area (Å²) in [6.07, 6.45) is 2.72. The number of aliphatic hydroxyl groups is 1. The first kappa shape index (κ1) is 55.3. The molecule has 7 amide bonds. The number of aliphatic carboxylic acids is 4. The van der Waals surface area contributed by atoms with E-state index < -0.39 is 145 Å². The van der Waals surface area contributed by atoms with Crippen molar-refractivity contribution in [1.82, 2.24) is 46.4 Å². The summed E-state index contributed by atoms with van der Waals surface area (Å²) in [6.45, 7) is 5.84. The van der Waals surface area contributed by atoms with Gasteiger partial charge in [0.2, 0.25) is 41.4 Å². The van der Waals surface area contributed by atoms with Crippen LogP contribution in [0.25, 0.3) is 0 Å². The van der Waals surface area contributed by atoms with Crippen LogP contribution >= 0.6 is 0 Å². The van der Waals surface area contributed by atoms with Crippen LogP contribution in [0.1, 0.15) is 59.6 Å². The van der Waals surface area contributed by atoms with Gasteiger partial charge >= 0.3 is 23.9 Å². The Kier molecular flexibility index (Phi) is 23.0. The number of aromatic amines is 1. The number of aromatic nitrogens is 2. The van der Waals surface area contributed by atoms with E-state index in [-0.39, 0.29) is 25.9 Å². The highest BCUT2D eigenvalue weighted by Gasteiger charge is 2.41. The Morgan fingerprint density at radius 2 is 1.34 bits per heavy atom. The summed E-state index contributed by atoms with van der Waals surface area (Å²) in [7, 11) is 0. The maximum Gasteiger partial charge on any atom is 0.326 e. The van der Waals surface area contributed by atoms with Crippen molar-refractivity contribution >= 4 is 65.2 Å². The maximum absolute atomic E-state index is 13.8. The number of likely N-dealkylation sites (tertiary alicyclic amines) is 1. The minimum absolute atomic E-state index is 0.0722. The van der Waals surface area contributed by atoms with Gasteiger partial charge in [-0.1, -0.05) is 27.7 Å². The zero-order chi connectivity index (χ0) is 49.0. The zero-order valence-corrected chi connectivity index (χ0v) is 35.9. The molecule has 0 radical (unpaired) electrons. The van der Waals surface area contributed by atoms with Crippen LogP contribution in [0.2, 0.25) is 0 Å². The van der Waals surface area contributed by atoms with Crippen molar-refractivity contribution in [3.05, 3.63) is 18.2 Å². The smallest absolute Gasteiger partial charge is 0.326 e. The first-order valence-corrected chi connectivity index (χ1v) is 19.8. The van der Waals surface area contributed by atoms with Crippen LogP contribution in [0.3, 0.4) is 0 Å². The number of rotatable bonds is 25. The molecule has 1 aromatic rings. The highest BCUT2D eigenvalue weighted by Crippen LogP contribution is 2.21. The van der Waals surface area contributed by atoms with E-state index in [4.69, 9.17) is 26.8 Å². The summed E-state index contributed by atoms with van der Waals surface area (Å²) in [4.78, 5) is 141. The number of hydrogen-bond donors (Lipinski definition) is 13. The van der Waals surface area contributed by atoms with Crippen LogP contribution in [-0.2, 0) is 59.2 Å². The van der Waals surface area contributed by atoms with Gasteiger partial charge in [-0.25, -0.2) is 9.78 Å². The van der Waals surface area contributed by atoms with Crippen LogP contribution in [-0.4, -0.2) is 186 Å². The third-order valence-corrected chi connectivity index (χ3v) is 9.31. The Bertz CT molecular complexity index is 1790. The average molecular weight is 914 g/mol. The zero-order valence-electron chi connectivity index (χ0n) is 35.9. The molecule has 0 aromatic carbocycles. The molecule has 2 rings (SSSR count). The number of nitrogens with two attached hydrogens (primary N) is 2. The normalized spacial score (nSPS) is 16.2. The highest BCUT2D eigenvalue weighted by molar-refractivity contribution is 5.97. The van der Waals surface area contributed by atoms with Crippen LogP contribution in [0, 0.1) is 11.8 Å². The van der Waals surface area contributed by atoms with Gasteiger partial charge in [0.15, 0.2) is 0 Å². The summed E-state index contributed by atoms with van der Waals surface area (Å²) in [5, 5.41) is 56.9. The highest BCUT2D eigenvalue weighted by atomic mass is 16.4. The van der Waals surface area contributed by atoms with Crippen LogP contribution in [0.5, 0.6) is 0 Å². The number of carboxylic acid groups (broad SMARTS) is 4. The number of carbonyl (C=O) groups is 11. The molecule has 15 N–H and O–H groups in total. The second-order valence-electron chi connectivity index (χ2n) is 15.4. The molecule has 1 fully saturated rings. The van der Waals surface area contributed by atoms with Gasteiger partial charge < -0.3 is 73.5 Å². The number of aliphatic hydroxyl groups excluding tert-OH is 1. The molecule has 7 atom stereocenters. The van der Waals surface area contributed by atoms with Crippen LogP contribution in [0.4, 0.5) is 0 Å². The van der Waals surface area contributed by atoms with E-state index in [0.29, 0.717) is 12.1 Å². The lowest BCUT2D eigenvalue weighted by Gasteiger charge is -2.32. The number of H-pyrrole nitrogens is 1. The summed E-state index contributed by atoms with van der Waals surface area (Å²) >= 11 is 0. The predicted molar refractivity (Wildman–Crippen MR) is 218 cm³/mol. The fourth-order valence-electron chi connectivity index (χ4n) is 6.04. The first-order valence-electron chi connectivity index (χ1n) is 19.8. The van der Waals surface area contributed by atoms with Gasteiger partial charge in [-0.15, -0.1) is 0 Å². The van der Waals surface area contributed by atoms with Crippen molar-refractivity contribution < 1.29 is 78.3 Å². The Balaban J connectivity index is 0.00000136. The average Bonchev–Trinajstić information content (AvgIpc) is 3.89. The summed E-state index contributed by atoms with van der Waals surface area (Å²) in [6, 6.07) is -8.89. The Morgan fingerprint density at radius 3 is 1.81 bits per heavy atom. The van der Waals surface area contributed by atoms with E-state index in [1.54, 1.807) is 27.7 Å². The predicted octanol–water partition coefficient (Wildman–Crippen LogP) is -5.48. The monoisotopic (exact) mass is 913 g/mol. The van der Waals surface area contributed by atoms with Gasteiger partial charge in [0.05, 0.1) is 45.0 Å². The summed E-state index contributed by atoms with van der Waals surface area (Å²) in [5.41, 5.74) is 10.7. The summed E-state index contributed by atoms with van der Waals surface area (Å²) < 4.78 is 0. The number of nitrogens with zero attached hydrogens (tertiary/aromatic N) is 3. The number of imidazole rings is 1. The minimum Gasteiger partial charge on any atom is -0.481 e. The number of nitrogens with one attached hydrogen (secondary N) is 6. The van der Waals surface area contributed by atoms with Crippen molar-refractivity contribution in [2.75, 3.05) is 32.8 Å². The van der Waals surface area contributed by atoms with Gasteiger partial charge in [-0.2, -0.15) is 0 Å². The van der Waals surface area contributed by atoms with Gasteiger partial charge in [-0.05, 0) is 31.6 Å². The molecule has 0 saturated carbocycles. The lowest BCUT2D eigenvalue weighted by molar-refractivity contribution is -0.144. The van der Waals surface area contributed by atoms with Gasteiger partial charge in [0.1, 0.15) is 36.3 Å². The van der Waals surface area contributed by atoms with E-state index in [1.165, 1.54) is 24.3 Å². The fraction of sp³-hybridized carbons (Fsp3) is 0.622. The lowest BCUT2D eigenvalue weighted by Crippen LogP contribution is -2.60. The second-order valence-corrected chi connectivity index (χ2v) is 15.4. The van der Waals surface area contributed by atoms with Gasteiger partial charge in [0.25, 0.3) is 0 Å². The molecule has 1 aliphatic heterocycles. The molecular weight excluding hydrogens is 854 g/mol. The van der Waals surface area contributed by atoms with E-state index >= 15 is 0 Å². The third kappa shape index (κ3) is 19.1. The standard InChI is InChI=1S/C31H49N9O11.C6H10N2O5/c1-14(2)23(29(48)36-19(31(50)51)9-17-11-33-13-34-17)38-28(47)21-7-6-8-40(21)30(49)24(15(3)4)39-25(44)16(5)35-27(46)20(12-41)37-26(45)18(32)10-22(42)43;7-4(9)1-8(2-5(10)11)3-6(12)13/h11,13-16,18-21,23-24,41H,6-10,12,32H2,1-5H3,(H,33,34)(H,35,46)(H,36,48)(H,37,45)(H,38,47)(H,39,44)(H,42,43)(H,50,51);1-3H2,(H2,7,9)(H,10,11)(H,12,13)/t16-,18-,19-,20-,21-,23-,24-;/m0./s1. The molecule has 0 unspecified atom stereocenters. The number of hydrogen-bond acceptors (Lipinski definition) is 15. The van der Waals surface area contributed by atoms with E-state index in [0.717, 1.165) is 4.90 Å². The van der Waals surface area contributed by atoms with Gasteiger partial charge in [0, 0.05) is 24.9 Å². The second kappa shape index (κ2) is 26.7. The Morgan fingerprint density at radius 1 is 0.766 bits per heavy atom. The number of carboxylic acids is 4. The van der Waals surface area contributed by atoms with E-state index in [9.17, 15) is 63.0 Å². The number of primary amides is 1. The maximum atomic E-state index is 13.8. The summed E-state index contributed by atoms with van der Waals surface area (Å²) in [5.74, 6) is -11.5. The molecule has 1 saturated heterocycles. The molecule has 64 heavy (non-hydrogen) atoms. The van der Waals surface area contributed by atoms with E-state index in [2.05, 4.69) is 36.6 Å². The van der Waals surface area contributed by atoms with Crippen molar-refractivity contribution in [2.45, 2.75) is 103 Å². The molecule has 358 valence electrons.